The monoisotopic (exact) mass is 358 g/mol. The second-order valence-electron chi connectivity index (χ2n) is 6.11. The Balaban J connectivity index is 1.56. The molecule has 1 heterocycles. The second kappa shape index (κ2) is 8.07. The molecule has 25 heavy (non-hydrogen) atoms. The third kappa shape index (κ3) is 4.76. The molecule has 2 amide bonds. The van der Waals surface area contributed by atoms with Crippen molar-refractivity contribution in [3.8, 4) is 0 Å². The number of hydrogen-bond donors (Lipinski definition) is 2. The zero-order valence-corrected chi connectivity index (χ0v) is 14.4. The molecule has 2 aromatic rings. The molecule has 1 aliphatic rings. The van der Waals surface area contributed by atoms with Gasteiger partial charge in [-0.3, -0.25) is 14.6 Å². The lowest BCUT2D eigenvalue weighted by Crippen LogP contribution is -2.46. The van der Waals surface area contributed by atoms with E-state index in [1.807, 2.05) is 0 Å². The number of hydrogen-bond acceptors (Lipinski definition) is 4. The normalized spacial score (nSPS) is 19.9. The first-order valence-corrected chi connectivity index (χ1v) is 8.63. The van der Waals surface area contributed by atoms with E-state index in [0.29, 0.717) is 22.7 Å². The van der Waals surface area contributed by atoms with E-state index in [1.165, 1.54) is 18.6 Å². The molecule has 3 rings (SSSR count). The van der Waals surface area contributed by atoms with Crippen molar-refractivity contribution in [1.82, 2.24) is 20.6 Å². The number of benzene rings is 1. The molecule has 1 aromatic carbocycles. The summed E-state index contributed by atoms with van der Waals surface area (Å²) in [4.78, 5) is 32.4. The van der Waals surface area contributed by atoms with Crippen LogP contribution in [0.4, 0.5) is 0 Å². The van der Waals surface area contributed by atoms with Gasteiger partial charge in [-0.2, -0.15) is 0 Å². The van der Waals surface area contributed by atoms with E-state index in [0.717, 1.165) is 19.3 Å². The van der Waals surface area contributed by atoms with Crippen LogP contribution in [-0.2, 0) is 0 Å². The van der Waals surface area contributed by atoms with Gasteiger partial charge in [0.15, 0.2) is 0 Å². The molecule has 1 fully saturated rings. The highest BCUT2D eigenvalue weighted by Gasteiger charge is 2.25. The molecule has 2 N–H and O–H groups in total. The standard InChI is InChI=1S/C18H19ClN4O2/c19-13-4-1-3-12(9-13)17(24)22-14-5-2-6-15(10-14)23-18(25)16-11-20-7-8-21-16/h1,3-4,7-9,11,14-15H,2,5-6,10H2,(H,22,24)(H,23,25)/t14-,15-/m1/s1. The fourth-order valence-electron chi connectivity index (χ4n) is 3.03. The van der Waals surface area contributed by atoms with E-state index in [2.05, 4.69) is 20.6 Å². The molecular weight excluding hydrogens is 340 g/mol. The first kappa shape index (κ1) is 17.4. The van der Waals surface area contributed by atoms with Gasteiger partial charge in [0.05, 0.1) is 6.20 Å². The van der Waals surface area contributed by atoms with Crippen LogP contribution in [0.5, 0.6) is 0 Å². The third-order valence-corrected chi connectivity index (χ3v) is 4.46. The number of carbonyl (C=O) groups excluding carboxylic acids is 2. The highest BCUT2D eigenvalue weighted by Crippen LogP contribution is 2.20. The topological polar surface area (TPSA) is 84.0 Å². The zero-order valence-electron chi connectivity index (χ0n) is 13.6. The summed E-state index contributed by atoms with van der Waals surface area (Å²) < 4.78 is 0. The van der Waals surface area contributed by atoms with Crippen LogP contribution >= 0.6 is 11.6 Å². The van der Waals surface area contributed by atoms with Crippen LogP contribution in [0.25, 0.3) is 0 Å². The van der Waals surface area contributed by atoms with Gasteiger partial charge in [-0.1, -0.05) is 17.7 Å². The minimum Gasteiger partial charge on any atom is -0.349 e. The fourth-order valence-corrected chi connectivity index (χ4v) is 3.22. The molecule has 7 heteroatoms. The van der Waals surface area contributed by atoms with Gasteiger partial charge in [-0.15, -0.1) is 0 Å². The molecule has 0 bridgehead atoms. The number of nitrogens with one attached hydrogen (secondary N) is 2. The van der Waals surface area contributed by atoms with Crippen molar-refractivity contribution in [2.45, 2.75) is 37.8 Å². The van der Waals surface area contributed by atoms with Gasteiger partial charge in [-0.05, 0) is 43.9 Å². The molecule has 0 unspecified atom stereocenters. The Morgan fingerprint density at radius 3 is 2.52 bits per heavy atom. The van der Waals surface area contributed by atoms with Gasteiger partial charge in [0.1, 0.15) is 5.69 Å². The van der Waals surface area contributed by atoms with Gasteiger partial charge in [0.2, 0.25) is 0 Å². The second-order valence-corrected chi connectivity index (χ2v) is 6.54. The number of nitrogens with zero attached hydrogens (tertiary/aromatic N) is 2. The van der Waals surface area contributed by atoms with E-state index in [9.17, 15) is 9.59 Å². The summed E-state index contributed by atoms with van der Waals surface area (Å²) in [6, 6.07) is 6.89. The summed E-state index contributed by atoms with van der Waals surface area (Å²) in [5.74, 6) is -0.381. The Bertz CT molecular complexity index is 754. The summed E-state index contributed by atoms with van der Waals surface area (Å²) in [5, 5.41) is 6.53. The lowest BCUT2D eigenvalue weighted by atomic mass is 9.90. The molecular formula is C18H19ClN4O2. The summed E-state index contributed by atoms with van der Waals surface area (Å²) in [6.45, 7) is 0. The maximum atomic E-state index is 12.3. The predicted molar refractivity (Wildman–Crippen MR) is 94.5 cm³/mol. The summed E-state index contributed by atoms with van der Waals surface area (Å²) >= 11 is 5.93. The third-order valence-electron chi connectivity index (χ3n) is 4.23. The maximum absolute atomic E-state index is 12.3. The van der Waals surface area contributed by atoms with Crippen molar-refractivity contribution in [1.29, 1.82) is 0 Å². The van der Waals surface area contributed by atoms with Crippen molar-refractivity contribution < 1.29 is 9.59 Å². The molecule has 1 aliphatic carbocycles. The molecule has 2 atom stereocenters. The van der Waals surface area contributed by atoms with Crippen molar-refractivity contribution >= 4 is 23.4 Å². The number of halogens is 1. The van der Waals surface area contributed by atoms with Gasteiger partial charge < -0.3 is 10.6 Å². The number of carbonyl (C=O) groups is 2. The van der Waals surface area contributed by atoms with E-state index in [4.69, 9.17) is 11.6 Å². The highest BCUT2D eigenvalue weighted by molar-refractivity contribution is 6.30. The number of amides is 2. The smallest absolute Gasteiger partial charge is 0.271 e. The fraction of sp³-hybridized carbons (Fsp3) is 0.333. The zero-order chi connectivity index (χ0) is 17.6. The van der Waals surface area contributed by atoms with Gasteiger partial charge in [0, 0.05) is 35.1 Å². The Hall–Kier alpha value is -2.47. The molecule has 1 aromatic heterocycles. The maximum Gasteiger partial charge on any atom is 0.271 e. The number of rotatable bonds is 4. The first-order valence-electron chi connectivity index (χ1n) is 8.25. The van der Waals surface area contributed by atoms with Crippen LogP contribution in [0.2, 0.25) is 5.02 Å². The quantitative estimate of drug-likeness (QED) is 0.879. The Kier molecular flexibility index (Phi) is 5.60. The molecule has 0 spiro atoms. The van der Waals surface area contributed by atoms with Gasteiger partial charge >= 0.3 is 0 Å². The van der Waals surface area contributed by atoms with Crippen LogP contribution in [0, 0.1) is 0 Å². The van der Waals surface area contributed by atoms with Crippen molar-refractivity contribution in [2.75, 3.05) is 0 Å². The average molecular weight is 359 g/mol. The van der Waals surface area contributed by atoms with Gasteiger partial charge in [0.25, 0.3) is 11.8 Å². The molecule has 1 saturated carbocycles. The van der Waals surface area contributed by atoms with E-state index in [1.54, 1.807) is 24.3 Å². The minimum absolute atomic E-state index is 0.00733. The SMILES string of the molecule is O=C(N[C@@H]1CCC[C@@H](NC(=O)c2cnccn2)C1)c1cccc(Cl)c1. The average Bonchev–Trinajstić information content (AvgIpc) is 2.63. The van der Waals surface area contributed by atoms with E-state index < -0.39 is 0 Å². The van der Waals surface area contributed by atoms with Crippen molar-refractivity contribution in [3.63, 3.8) is 0 Å². The molecule has 0 saturated heterocycles. The van der Waals surface area contributed by atoms with Crippen molar-refractivity contribution in [3.05, 3.63) is 59.1 Å². The van der Waals surface area contributed by atoms with Crippen LogP contribution in [0.1, 0.15) is 46.5 Å². The largest absolute Gasteiger partial charge is 0.349 e. The molecule has 130 valence electrons. The molecule has 0 radical (unpaired) electrons. The molecule has 6 nitrogen and oxygen atoms in total. The van der Waals surface area contributed by atoms with Crippen molar-refractivity contribution in [2.24, 2.45) is 0 Å². The minimum atomic E-state index is -0.236. The Morgan fingerprint density at radius 2 is 1.84 bits per heavy atom. The van der Waals surface area contributed by atoms with Crippen LogP contribution in [0.3, 0.4) is 0 Å². The summed E-state index contributed by atoms with van der Waals surface area (Å²) in [6.07, 6.45) is 7.86. The van der Waals surface area contributed by atoms with Crippen LogP contribution < -0.4 is 10.6 Å². The summed E-state index contributed by atoms with van der Waals surface area (Å²) in [7, 11) is 0. The predicted octanol–water partition coefficient (Wildman–Crippen LogP) is 2.60. The van der Waals surface area contributed by atoms with E-state index >= 15 is 0 Å². The Labute approximate surface area is 151 Å². The van der Waals surface area contributed by atoms with Gasteiger partial charge in [-0.25, -0.2) is 4.98 Å². The summed E-state index contributed by atoms with van der Waals surface area (Å²) in [5.41, 5.74) is 0.839. The van der Waals surface area contributed by atoms with Crippen LogP contribution in [0.15, 0.2) is 42.9 Å². The highest BCUT2D eigenvalue weighted by atomic mass is 35.5. The molecule has 0 aliphatic heterocycles. The van der Waals surface area contributed by atoms with Crippen LogP contribution in [-0.4, -0.2) is 33.9 Å². The first-order chi connectivity index (χ1) is 12.1. The lowest BCUT2D eigenvalue weighted by Gasteiger charge is -2.30. The lowest BCUT2D eigenvalue weighted by molar-refractivity contribution is 0.0900. The Morgan fingerprint density at radius 1 is 1.08 bits per heavy atom. The van der Waals surface area contributed by atoms with E-state index in [-0.39, 0.29) is 23.9 Å². The number of aromatic nitrogens is 2.